The van der Waals surface area contributed by atoms with E-state index in [2.05, 4.69) is 41.5 Å². The summed E-state index contributed by atoms with van der Waals surface area (Å²) in [6.07, 6.45) is 9.61. The van der Waals surface area contributed by atoms with E-state index in [9.17, 15) is 10.2 Å². The van der Waals surface area contributed by atoms with E-state index in [1.807, 2.05) is 12.1 Å². The van der Waals surface area contributed by atoms with Crippen LogP contribution in [0.2, 0.25) is 0 Å². The van der Waals surface area contributed by atoms with E-state index in [1.54, 1.807) is 0 Å². The van der Waals surface area contributed by atoms with Crippen molar-refractivity contribution >= 4 is 0 Å². The molecule has 0 radical (unpaired) electrons. The number of unbranched alkanes of at least 4 members (excludes halogenated alkanes) is 3. The summed E-state index contributed by atoms with van der Waals surface area (Å²) in [5.41, 5.74) is 2.43. The van der Waals surface area contributed by atoms with Gasteiger partial charge in [-0.1, -0.05) is 67.2 Å². The standard InChI is InChI=1S/C25H40O2/c1-7-8-9-10-12-23(2,3)17-14-20(26)22(21(27)15-17)18-16-25(6)13-11-19(18)24(25,4)5/h14-15,18-19,26-27H,7-13,16H2,1-6H3. The van der Waals surface area contributed by atoms with Gasteiger partial charge in [0, 0.05) is 5.56 Å². The predicted octanol–water partition coefficient (Wildman–Crippen LogP) is 7.28. The molecule has 2 heteroatoms. The van der Waals surface area contributed by atoms with Gasteiger partial charge < -0.3 is 10.2 Å². The molecule has 2 bridgehead atoms. The third kappa shape index (κ3) is 3.38. The monoisotopic (exact) mass is 372 g/mol. The van der Waals surface area contributed by atoms with E-state index >= 15 is 0 Å². The number of phenolic OH excluding ortho intramolecular Hbond substituents is 2. The fourth-order valence-electron chi connectivity index (χ4n) is 6.14. The zero-order valence-corrected chi connectivity index (χ0v) is 18.4. The molecule has 2 fully saturated rings. The van der Waals surface area contributed by atoms with Crippen LogP contribution in [0.1, 0.15) is 110 Å². The Hall–Kier alpha value is -1.18. The summed E-state index contributed by atoms with van der Waals surface area (Å²) in [6.45, 7) is 13.9. The molecule has 3 unspecified atom stereocenters. The maximum absolute atomic E-state index is 10.9. The van der Waals surface area contributed by atoms with Crippen LogP contribution in [0.25, 0.3) is 0 Å². The maximum atomic E-state index is 10.9. The molecule has 2 aliphatic carbocycles. The van der Waals surface area contributed by atoms with Crippen molar-refractivity contribution in [2.24, 2.45) is 16.7 Å². The van der Waals surface area contributed by atoms with Gasteiger partial charge in [-0.05, 0) is 71.5 Å². The highest BCUT2D eigenvalue weighted by Crippen LogP contribution is 2.71. The van der Waals surface area contributed by atoms with Crippen molar-refractivity contribution in [1.82, 2.24) is 0 Å². The molecule has 3 rings (SSSR count). The average molecular weight is 373 g/mol. The highest BCUT2D eigenvalue weighted by molar-refractivity contribution is 5.51. The first-order chi connectivity index (χ1) is 12.5. The van der Waals surface area contributed by atoms with Crippen LogP contribution in [-0.2, 0) is 5.41 Å². The first-order valence-electron chi connectivity index (χ1n) is 11.1. The van der Waals surface area contributed by atoms with Gasteiger partial charge >= 0.3 is 0 Å². The lowest BCUT2D eigenvalue weighted by Crippen LogP contribution is -2.26. The molecule has 0 heterocycles. The second-order valence-corrected chi connectivity index (χ2v) is 10.9. The van der Waals surface area contributed by atoms with Crippen LogP contribution in [0.15, 0.2) is 12.1 Å². The van der Waals surface area contributed by atoms with Gasteiger partial charge in [-0.2, -0.15) is 0 Å². The zero-order chi connectivity index (χ0) is 20.0. The first-order valence-corrected chi connectivity index (χ1v) is 11.1. The number of hydrogen-bond acceptors (Lipinski definition) is 2. The largest absolute Gasteiger partial charge is 0.508 e. The fraction of sp³-hybridized carbons (Fsp3) is 0.760. The van der Waals surface area contributed by atoms with Gasteiger partial charge in [0.25, 0.3) is 0 Å². The van der Waals surface area contributed by atoms with Gasteiger partial charge in [0.2, 0.25) is 0 Å². The lowest BCUT2D eigenvalue weighted by atomic mass is 9.71. The van der Waals surface area contributed by atoms with Crippen molar-refractivity contribution in [1.29, 1.82) is 0 Å². The van der Waals surface area contributed by atoms with Crippen molar-refractivity contribution in [3.8, 4) is 11.5 Å². The molecule has 2 saturated carbocycles. The SMILES string of the molecule is CCCCCCC(C)(C)c1cc(O)c(C2CC3(C)CCC2C3(C)C)c(O)c1. The second-order valence-electron chi connectivity index (χ2n) is 10.9. The predicted molar refractivity (Wildman–Crippen MR) is 114 cm³/mol. The summed E-state index contributed by atoms with van der Waals surface area (Å²) in [4.78, 5) is 0. The first kappa shape index (κ1) is 20.6. The van der Waals surface area contributed by atoms with Crippen molar-refractivity contribution in [3.05, 3.63) is 23.3 Å². The molecule has 0 aromatic heterocycles. The Bertz CT molecular complexity index is 662. The number of rotatable bonds is 7. The van der Waals surface area contributed by atoms with Gasteiger partial charge in [0.05, 0.1) is 0 Å². The average Bonchev–Trinajstić information content (AvgIpc) is 2.91. The summed E-state index contributed by atoms with van der Waals surface area (Å²) < 4.78 is 0. The number of benzene rings is 1. The minimum Gasteiger partial charge on any atom is -0.508 e. The molecule has 2 aliphatic rings. The van der Waals surface area contributed by atoms with E-state index in [4.69, 9.17) is 0 Å². The van der Waals surface area contributed by atoms with Gasteiger partial charge in [0.15, 0.2) is 0 Å². The normalized spacial score (nSPS) is 29.4. The second kappa shape index (κ2) is 7.01. The highest BCUT2D eigenvalue weighted by Gasteiger charge is 2.61. The van der Waals surface area contributed by atoms with Crippen LogP contribution in [0, 0.1) is 16.7 Å². The van der Waals surface area contributed by atoms with Gasteiger partial charge in [-0.15, -0.1) is 0 Å². The Kier molecular flexibility index (Phi) is 5.34. The van der Waals surface area contributed by atoms with Gasteiger partial charge in [-0.25, -0.2) is 0 Å². The third-order valence-corrected chi connectivity index (χ3v) is 8.59. The maximum Gasteiger partial charge on any atom is 0.123 e. The Labute approximate surface area is 166 Å². The molecule has 1 aromatic carbocycles. The van der Waals surface area contributed by atoms with E-state index in [-0.39, 0.29) is 16.7 Å². The molecule has 2 N–H and O–H groups in total. The minimum atomic E-state index is -0.0266. The van der Waals surface area contributed by atoms with Crippen molar-refractivity contribution in [2.45, 2.75) is 104 Å². The fourth-order valence-corrected chi connectivity index (χ4v) is 6.14. The van der Waals surface area contributed by atoms with Crippen LogP contribution in [0.5, 0.6) is 11.5 Å². The summed E-state index contributed by atoms with van der Waals surface area (Å²) in [5.74, 6) is 1.44. The molecular weight excluding hydrogens is 332 g/mol. The molecule has 152 valence electrons. The van der Waals surface area contributed by atoms with Gasteiger partial charge in [-0.3, -0.25) is 0 Å². The Balaban J connectivity index is 1.84. The lowest BCUT2D eigenvalue weighted by Gasteiger charge is -2.34. The van der Waals surface area contributed by atoms with Crippen molar-refractivity contribution in [2.75, 3.05) is 0 Å². The van der Waals surface area contributed by atoms with Crippen molar-refractivity contribution < 1.29 is 10.2 Å². The molecule has 0 spiro atoms. The molecular formula is C25H40O2. The molecule has 0 aliphatic heterocycles. The Morgan fingerprint density at radius 3 is 2.15 bits per heavy atom. The summed E-state index contributed by atoms with van der Waals surface area (Å²) in [5, 5.41) is 21.9. The van der Waals surface area contributed by atoms with Gasteiger partial charge in [0.1, 0.15) is 11.5 Å². The van der Waals surface area contributed by atoms with Crippen LogP contribution >= 0.6 is 0 Å². The van der Waals surface area contributed by atoms with E-state index in [1.165, 1.54) is 38.5 Å². The molecule has 1 aromatic rings. The quantitative estimate of drug-likeness (QED) is 0.494. The molecule has 0 saturated heterocycles. The van der Waals surface area contributed by atoms with Crippen molar-refractivity contribution in [3.63, 3.8) is 0 Å². The van der Waals surface area contributed by atoms with Crippen LogP contribution in [-0.4, -0.2) is 10.2 Å². The minimum absolute atomic E-state index is 0.0266. The van der Waals surface area contributed by atoms with Crippen LogP contribution in [0.3, 0.4) is 0 Å². The Morgan fingerprint density at radius 1 is 1.04 bits per heavy atom. The molecule has 3 atom stereocenters. The van der Waals surface area contributed by atoms with E-state index in [0.717, 1.165) is 24.0 Å². The summed E-state index contributed by atoms with van der Waals surface area (Å²) in [6, 6.07) is 3.88. The zero-order valence-electron chi connectivity index (χ0n) is 18.4. The Morgan fingerprint density at radius 2 is 1.67 bits per heavy atom. The van der Waals surface area contributed by atoms with Crippen LogP contribution < -0.4 is 0 Å². The number of fused-ring (bicyclic) bond motifs is 2. The summed E-state index contributed by atoms with van der Waals surface area (Å²) in [7, 11) is 0. The number of phenols is 2. The van der Waals surface area contributed by atoms with E-state index in [0.29, 0.717) is 22.8 Å². The number of aromatic hydroxyl groups is 2. The number of hydrogen-bond donors (Lipinski definition) is 2. The molecule has 27 heavy (non-hydrogen) atoms. The smallest absolute Gasteiger partial charge is 0.123 e. The lowest BCUT2D eigenvalue weighted by molar-refractivity contribution is 0.152. The van der Waals surface area contributed by atoms with E-state index < -0.39 is 0 Å². The molecule has 0 amide bonds. The molecule has 2 nitrogen and oxygen atoms in total. The third-order valence-electron chi connectivity index (χ3n) is 8.59. The topological polar surface area (TPSA) is 40.5 Å². The highest BCUT2D eigenvalue weighted by atomic mass is 16.3. The summed E-state index contributed by atoms with van der Waals surface area (Å²) >= 11 is 0. The van der Waals surface area contributed by atoms with Crippen LogP contribution in [0.4, 0.5) is 0 Å².